The summed E-state index contributed by atoms with van der Waals surface area (Å²) in [4.78, 5) is 23.2. The molecule has 6 nitrogen and oxygen atoms in total. The van der Waals surface area contributed by atoms with Crippen LogP contribution in [0.2, 0.25) is 5.02 Å². The summed E-state index contributed by atoms with van der Waals surface area (Å²) in [5.74, 6) is -1.62. The quantitative estimate of drug-likeness (QED) is 0.758. The third kappa shape index (κ3) is 4.66. The molecule has 0 aromatic heterocycles. The van der Waals surface area contributed by atoms with E-state index in [0.29, 0.717) is 5.56 Å². The van der Waals surface area contributed by atoms with Crippen molar-refractivity contribution in [1.82, 2.24) is 4.31 Å². The summed E-state index contributed by atoms with van der Waals surface area (Å²) in [6.07, 6.45) is 0. The predicted octanol–water partition coefficient (Wildman–Crippen LogP) is 2.94. The van der Waals surface area contributed by atoms with Crippen LogP contribution in [0.4, 0.5) is 10.1 Å². The molecule has 0 saturated heterocycles. The maximum atomic E-state index is 13.7. The van der Waals surface area contributed by atoms with Crippen molar-refractivity contribution in [1.29, 1.82) is 0 Å². The second kappa shape index (κ2) is 7.94. The first-order valence-corrected chi connectivity index (χ1v) is 9.25. The largest absolute Gasteiger partial charge is 0.322 e. The van der Waals surface area contributed by atoms with E-state index in [1.165, 1.54) is 50.4 Å². The number of nitrogens with zero attached hydrogens (tertiary/aromatic N) is 1. The van der Waals surface area contributed by atoms with E-state index in [-0.39, 0.29) is 21.4 Å². The highest BCUT2D eigenvalue weighted by molar-refractivity contribution is 7.89. The van der Waals surface area contributed by atoms with Crippen molar-refractivity contribution in [3.8, 4) is 0 Å². The number of Topliss-reactive ketones (excluding diaryl/α,β-unsaturated/α-hetero) is 1. The fraction of sp³-hybridized carbons (Fsp3) is 0.176. The van der Waals surface area contributed by atoms with Gasteiger partial charge in [0.25, 0.3) is 0 Å². The lowest BCUT2D eigenvalue weighted by molar-refractivity contribution is -0.116. The van der Waals surface area contributed by atoms with Gasteiger partial charge in [-0.25, -0.2) is 12.8 Å². The highest BCUT2D eigenvalue weighted by Gasteiger charge is 2.23. The third-order valence-corrected chi connectivity index (χ3v) is 5.59. The Kier molecular flexibility index (Phi) is 6.12. The maximum absolute atomic E-state index is 13.7. The summed E-state index contributed by atoms with van der Waals surface area (Å²) in [5.41, 5.74) is 0.276. The first-order chi connectivity index (χ1) is 12.1. The van der Waals surface area contributed by atoms with Gasteiger partial charge in [0.15, 0.2) is 5.78 Å². The zero-order valence-corrected chi connectivity index (χ0v) is 15.6. The van der Waals surface area contributed by atoms with E-state index in [1.54, 1.807) is 0 Å². The van der Waals surface area contributed by atoms with E-state index >= 15 is 0 Å². The maximum Gasteiger partial charge on any atom is 0.243 e. The zero-order valence-electron chi connectivity index (χ0n) is 14.0. The van der Waals surface area contributed by atoms with E-state index in [9.17, 15) is 22.4 Å². The summed E-state index contributed by atoms with van der Waals surface area (Å²) < 4.78 is 39.5. The van der Waals surface area contributed by atoms with Crippen molar-refractivity contribution in [2.45, 2.75) is 11.8 Å². The van der Waals surface area contributed by atoms with Gasteiger partial charge in [0.05, 0.1) is 17.1 Å². The van der Waals surface area contributed by atoms with E-state index in [0.717, 1.165) is 10.4 Å². The van der Waals surface area contributed by atoms with Gasteiger partial charge in [-0.2, -0.15) is 4.31 Å². The standard InChI is InChI=1S/C17H16ClFN2O4S/c1-11(22)12-3-6-14(7-4-12)26(24,25)21(2)10-17(23)20-16-8-5-13(18)9-15(16)19/h3-9H,10H2,1-2H3,(H,20,23). The van der Waals surface area contributed by atoms with Gasteiger partial charge in [0.2, 0.25) is 15.9 Å². The monoisotopic (exact) mass is 398 g/mol. The Balaban J connectivity index is 2.10. The number of likely N-dealkylation sites (N-methyl/N-ethyl adjacent to an activating group) is 1. The molecule has 0 radical (unpaired) electrons. The molecule has 0 fully saturated rings. The zero-order chi connectivity index (χ0) is 19.5. The number of halogens is 2. The molecule has 0 saturated carbocycles. The van der Waals surface area contributed by atoms with Crippen LogP contribution in [0.25, 0.3) is 0 Å². The van der Waals surface area contributed by atoms with E-state index < -0.39 is 28.3 Å². The number of amides is 1. The highest BCUT2D eigenvalue weighted by atomic mass is 35.5. The average Bonchev–Trinajstić information content (AvgIpc) is 2.57. The lowest BCUT2D eigenvalue weighted by Gasteiger charge is -2.17. The SMILES string of the molecule is CC(=O)c1ccc(S(=O)(=O)N(C)CC(=O)Nc2ccc(Cl)cc2F)cc1. The molecule has 0 spiro atoms. The van der Waals surface area contributed by atoms with Crippen molar-refractivity contribution in [3.05, 3.63) is 58.9 Å². The Morgan fingerprint density at radius 2 is 1.77 bits per heavy atom. The van der Waals surface area contributed by atoms with Gasteiger partial charge in [0, 0.05) is 17.6 Å². The number of anilines is 1. The van der Waals surface area contributed by atoms with Crippen LogP contribution in [0.1, 0.15) is 17.3 Å². The Hall–Kier alpha value is -2.29. The summed E-state index contributed by atoms with van der Waals surface area (Å²) >= 11 is 5.63. The molecule has 2 rings (SSSR count). The minimum absolute atomic E-state index is 0.0597. The van der Waals surface area contributed by atoms with Crippen LogP contribution in [0.15, 0.2) is 47.4 Å². The number of sulfonamides is 1. The molecular formula is C17H16ClFN2O4S. The molecule has 0 heterocycles. The topological polar surface area (TPSA) is 83.6 Å². The van der Waals surface area contributed by atoms with Gasteiger partial charge >= 0.3 is 0 Å². The Morgan fingerprint density at radius 3 is 2.31 bits per heavy atom. The lowest BCUT2D eigenvalue weighted by atomic mass is 10.2. The Bertz CT molecular complexity index is 946. The van der Waals surface area contributed by atoms with Crippen LogP contribution >= 0.6 is 11.6 Å². The summed E-state index contributed by atoms with van der Waals surface area (Å²) in [6, 6.07) is 9.09. The lowest BCUT2D eigenvalue weighted by Crippen LogP contribution is -2.35. The van der Waals surface area contributed by atoms with E-state index in [1.807, 2.05) is 0 Å². The van der Waals surface area contributed by atoms with Gasteiger partial charge < -0.3 is 5.32 Å². The molecule has 0 aliphatic rings. The van der Waals surface area contributed by atoms with Crippen LogP contribution in [0, 0.1) is 5.82 Å². The number of nitrogens with one attached hydrogen (secondary N) is 1. The number of carbonyl (C=O) groups is 2. The molecule has 1 N–H and O–H groups in total. The van der Waals surface area contributed by atoms with Crippen molar-refractivity contribution >= 4 is 39.0 Å². The fourth-order valence-corrected chi connectivity index (χ4v) is 3.40. The first-order valence-electron chi connectivity index (χ1n) is 7.43. The number of carbonyl (C=O) groups excluding carboxylic acids is 2. The minimum Gasteiger partial charge on any atom is -0.322 e. The van der Waals surface area contributed by atoms with Crippen molar-refractivity contribution in [2.75, 3.05) is 18.9 Å². The molecule has 0 aliphatic heterocycles. The predicted molar refractivity (Wildman–Crippen MR) is 96.3 cm³/mol. The Labute approximate surface area is 155 Å². The molecule has 2 aromatic carbocycles. The summed E-state index contributed by atoms with van der Waals surface area (Å²) in [7, 11) is -2.71. The van der Waals surface area contributed by atoms with Crippen LogP contribution < -0.4 is 5.32 Å². The van der Waals surface area contributed by atoms with Crippen LogP contribution in [0.5, 0.6) is 0 Å². The molecule has 26 heavy (non-hydrogen) atoms. The number of hydrogen-bond donors (Lipinski definition) is 1. The highest BCUT2D eigenvalue weighted by Crippen LogP contribution is 2.19. The van der Waals surface area contributed by atoms with Gasteiger partial charge in [-0.1, -0.05) is 23.7 Å². The molecule has 0 unspecified atom stereocenters. The van der Waals surface area contributed by atoms with Crippen LogP contribution in [0.3, 0.4) is 0 Å². The number of ketones is 1. The Morgan fingerprint density at radius 1 is 1.15 bits per heavy atom. The van der Waals surface area contributed by atoms with Gasteiger partial charge in [-0.05, 0) is 37.3 Å². The van der Waals surface area contributed by atoms with Crippen molar-refractivity contribution in [2.24, 2.45) is 0 Å². The molecular weight excluding hydrogens is 383 g/mol. The van der Waals surface area contributed by atoms with Gasteiger partial charge in [-0.3, -0.25) is 9.59 Å². The van der Waals surface area contributed by atoms with E-state index in [4.69, 9.17) is 11.6 Å². The molecule has 2 aromatic rings. The minimum atomic E-state index is -3.94. The number of rotatable bonds is 6. The van der Waals surface area contributed by atoms with Crippen LogP contribution in [-0.2, 0) is 14.8 Å². The van der Waals surface area contributed by atoms with Crippen LogP contribution in [-0.4, -0.2) is 38.0 Å². The van der Waals surface area contributed by atoms with Crippen molar-refractivity contribution < 1.29 is 22.4 Å². The van der Waals surface area contributed by atoms with Gasteiger partial charge in [-0.15, -0.1) is 0 Å². The number of hydrogen-bond acceptors (Lipinski definition) is 4. The third-order valence-electron chi connectivity index (χ3n) is 3.54. The average molecular weight is 399 g/mol. The molecule has 138 valence electrons. The molecule has 9 heteroatoms. The van der Waals surface area contributed by atoms with Crippen molar-refractivity contribution in [3.63, 3.8) is 0 Å². The molecule has 1 amide bonds. The van der Waals surface area contributed by atoms with E-state index in [2.05, 4.69) is 5.32 Å². The normalized spacial score (nSPS) is 11.4. The number of benzene rings is 2. The smallest absolute Gasteiger partial charge is 0.243 e. The van der Waals surface area contributed by atoms with Gasteiger partial charge in [0.1, 0.15) is 5.82 Å². The fourth-order valence-electron chi connectivity index (χ4n) is 2.11. The second-order valence-corrected chi connectivity index (χ2v) is 8.00. The first kappa shape index (κ1) is 20.0. The summed E-state index contributed by atoms with van der Waals surface area (Å²) in [5, 5.41) is 2.47. The molecule has 0 aliphatic carbocycles. The second-order valence-electron chi connectivity index (χ2n) is 5.51. The molecule has 0 atom stereocenters. The summed E-state index contributed by atoms with van der Waals surface area (Å²) in [6.45, 7) is 0.856. The molecule has 0 bridgehead atoms.